The number of nitrogens with one attached hydrogen (secondary N) is 1. The summed E-state index contributed by atoms with van der Waals surface area (Å²) in [6.45, 7) is 9.58. The Labute approximate surface area is 202 Å². The minimum Gasteiger partial charge on any atom is -0.376 e. The second-order valence-corrected chi connectivity index (χ2v) is 8.62. The number of guanidine groups is 1. The van der Waals surface area contributed by atoms with Gasteiger partial charge in [-0.05, 0) is 45.1 Å². The van der Waals surface area contributed by atoms with E-state index in [1.165, 1.54) is 17.0 Å². The number of benzene rings is 1. The van der Waals surface area contributed by atoms with Gasteiger partial charge in [0.25, 0.3) is 0 Å². The molecule has 1 N–H and O–H groups in total. The average Bonchev–Trinajstić information content (AvgIpc) is 3.37. The van der Waals surface area contributed by atoms with Crippen LogP contribution in [0, 0.1) is 12.8 Å². The molecule has 0 radical (unpaired) electrons. The highest BCUT2D eigenvalue weighted by Gasteiger charge is 2.24. The summed E-state index contributed by atoms with van der Waals surface area (Å²) >= 11 is 1.77. The molecule has 1 aromatic carbocycles. The van der Waals surface area contributed by atoms with Crippen LogP contribution in [-0.4, -0.2) is 48.6 Å². The van der Waals surface area contributed by atoms with Crippen LogP contribution in [-0.2, 0) is 17.8 Å². The molecule has 0 amide bonds. The summed E-state index contributed by atoms with van der Waals surface area (Å²) in [5, 5.41) is 6.84. The SMILES string of the molecule is CCNC(=NCCCCc1nc(C)cs1)N1CCC(COCc2ccccc2)C1.I. The van der Waals surface area contributed by atoms with Crippen molar-refractivity contribution in [3.05, 3.63) is 52.0 Å². The quantitative estimate of drug-likeness (QED) is 0.201. The number of thiazole rings is 1. The molecule has 0 bridgehead atoms. The Hall–Kier alpha value is -1.19. The van der Waals surface area contributed by atoms with Gasteiger partial charge in [0.15, 0.2) is 5.96 Å². The largest absolute Gasteiger partial charge is 0.376 e. The van der Waals surface area contributed by atoms with Crippen LogP contribution in [0.2, 0.25) is 0 Å². The van der Waals surface area contributed by atoms with Crippen LogP contribution in [0.3, 0.4) is 0 Å². The lowest BCUT2D eigenvalue weighted by atomic mass is 10.1. The highest BCUT2D eigenvalue weighted by atomic mass is 127. The molecule has 1 aliphatic heterocycles. The van der Waals surface area contributed by atoms with E-state index >= 15 is 0 Å². The average molecular weight is 543 g/mol. The summed E-state index contributed by atoms with van der Waals surface area (Å²) in [6, 6.07) is 10.4. The summed E-state index contributed by atoms with van der Waals surface area (Å²) in [5.41, 5.74) is 2.37. The van der Waals surface area contributed by atoms with Crippen LogP contribution in [0.4, 0.5) is 0 Å². The van der Waals surface area contributed by atoms with Crippen LogP contribution in [0.25, 0.3) is 0 Å². The number of ether oxygens (including phenoxy) is 1. The normalized spacial score (nSPS) is 16.5. The lowest BCUT2D eigenvalue weighted by Gasteiger charge is -2.21. The fraction of sp³-hybridized carbons (Fsp3) is 0.565. The molecule has 3 rings (SSSR count). The molecule has 1 atom stereocenters. The minimum atomic E-state index is 0. The minimum absolute atomic E-state index is 0. The maximum atomic E-state index is 5.96. The van der Waals surface area contributed by atoms with Crippen LogP contribution < -0.4 is 5.32 Å². The molecular weight excluding hydrogens is 507 g/mol. The summed E-state index contributed by atoms with van der Waals surface area (Å²) in [6.07, 6.45) is 4.48. The zero-order chi connectivity index (χ0) is 20.3. The summed E-state index contributed by atoms with van der Waals surface area (Å²) in [7, 11) is 0. The van der Waals surface area contributed by atoms with Crippen LogP contribution >= 0.6 is 35.3 Å². The van der Waals surface area contributed by atoms with Gasteiger partial charge in [-0.1, -0.05) is 30.3 Å². The van der Waals surface area contributed by atoms with Gasteiger partial charge >= 0.3 is 0 Å². The molecule has 0 spiro atoms. The topological polar surface area (TPSA) is 49.8 Å². The maximum Gasteiger partial charge on any atom is 0.193 e. The number of hydrogen-bond acceptors (Lipinski definition) is 4. The Morgan fingerprint density at radius 1 is 1.30 bits per heavy atom. The second-order valence-electron chi connectivity index (χ2n) is 7.68. The van der Waals surface area contributed by atoms with Gasteiger partial charge in [0, 0.05) is 43.2 Å². The van der Waals surface area contributed by atoms with Crippen molar-refractivity contribution in [2.24, 2.45) is 10.9 Å². The van der Waals surface area contributed by atoms with Gasteiger partial charge in [0.2, 0.25) is 0 Å². The molecule has 0 aliphatic carbocycles. The van der Waals surface area contributed by atoms with Crippen molar-refractivity contribution in [3.63, 3.8) is 0 Å². The van der Waals surface area contributed by atoms with E-state index in [2.05, 4.69) is 58.7 Å². The van der Waals surface area contributed by atoms with Gasteiger partial charge in [0.05, 0.1) is 18.2 Å². The second kappa shape index (κ2) is 14.0. The molecule has 1 aromatic heterocycles. The van der Waals surface area contributed by atoms with E-state index in [-0.39, 0.29) is 24.0 Å². The number of hydrogen-bond donors (Lipinski definition) is 1. The Morgan fingerprint density at radius 2 is 2.13 bits per heavy atom. The number of halogens is 1. The third-order valence-electron chi connectivity index (χ3n) is 5.11. The lowest BCUT2D eigenvalue weighted by molar-refractivity contribution is 0.0907. The number of aryl methyl sites for hydroxylation is 2. The Morgan fingerprint density at radius 3 is 2.87 bits per heavy atom. The third-order valence-corrected chi connectivity index (χ3v) is 6.14. The first kappa shape index (κ1) is 25.1. The molecular formula is C23H35IN4OS. The van der Waals surface area contributed by atoms with E-state index in [4.69, 9.17) is 9.73 Å². The zero-order valence-electron chi connectivity index (χ0n) is 18.2. The predicted molar refractivity (Wildman–Crippen MR) is 137 cm³/mol. The number of likely N-dealkylation sites (tertiary alicyclic amines) is 1. The van der Waals surface area contributed by atoms with Crippen molar-refractivity contribution in [3.8, 4) is 0 Å². The zero-order valence-corrected chi connectivity index (χ0v) is 21.3. The molecule has 1 fully saturated rings. The number of aliphatic imine (C=N–C) groups is 1. The monoisotopic (exact) mass is 542 g/mol. The molecule has 1 aliphatic rings. The van der Waals surface area contributed by atoms with E-state index in [1.54, 1.807) is 11.3 Å². The highest BCUT2D eigenvalue weighted by molar-refractivity contribution is 14.0. The van der Waals surface area contributed by atoms with E-state index in [9.17, 15) is 0 Å². The van der Waals surface area contributed by atoms with Gasteiger partial charge < -0.3 is 15.0 Å². The smallest absolute Gasteiger partial charge is 0.193 e. The molecule has 1 saturated heterocycles. The fourth-order valence-electron chi connectivity index (χ4n) is 3.60. The maximum absolute atomic E-state index is 5.96. The Kier molecular flexibility index (Phi) is 11.7. The van der Waals surface area contributed by atoms with Gasteiger partial charge in [-0.3, -0.25) is 4.99 Å². The molecule has 2 heterocycles. The first-order valence-electron chi connectivity index (χ1n) is 10.8. The van der Waals surface area contributed by atoms with Gasteiger partial charge in [-0.2, -0.15) is 0 Å². The molecule has 7 heteroatoms. The predicted octanol–water partition coefficient (Wildman–Crippen LogP) is 4.90. The Balaban J connectivity index is 0.00000320. The van der Waals surface area contributed by atoms with E-state index in [1.807, 2.05) is 6.07 Å². The van der Waals surface area contributed by atoms with Crippen LogP contribution in [0.5, 0.6) is 0 Å². The highest BCUT2D eigenvalue weighted by Crippen LogP contribution is 2.18. The van der Waals surface area contributed by atoms with E-state index in [0.717, 1.165) is 63.7 Å². The lowest BCUT2D eigenvalue weighted by Crippen LogP contribution is -2.40. The van der Waals surface area contributed by atoms with Gasteiger partial charge in [-0.15, -0.1) is 35.3 Å². The number of aromatic nitrogens is 1. The van der Waals surface area contributed by atoms with Crippen molar-refractivity contribution in [2.45, 2.75) is 46.1 Å². The first-order valence-corrected chi connectivity index (χ1v) is 11.7. The number of unbranched alkanes of at least 4 members (excludes halogenated alkanes) is 1. The summed E-state index contributed by atoms with van der Waals surface area (Å²) in [4.78, 5) is 11.8. The van der Waals surface area contributed by atoms with Gasteiger partial charge in [-0.25, -0.2) is 4.98 Å². The van der Waals surface area contributed by atoms with Crippen molar-refractivity contribution in [1.82, 2.24) is 15.2 Å². The summed E-state index contributed by atoms with van der Waals surface area (Å²) in [5.74, 6) is 1.64. The standard InChI is InChI=1S/C23H34N4OS.HI/c1-3-24-23(25-13-8-7-11-22-26-19(2)18-29-22)27-14-12-21(15-27)17-28-16-20-9-5-4-6-10-20;/h4-6,9-10,18,21H,3,7-8,11-17H2,1-2H3,(H,24,25);1H. The van der Waals surface area contributed by atoms with Crippen LogP contribution in [0.15, 0.2) is 40.7 Å². The van der Waals surface area contributed by atoms with Crippen LogP contribution in [0.1, 0.15) is 42.5 Å². The number of nitrogens with zero attached hydrogens (tertiary/aromatic N) is 3. The van der Waals surface area contributed by atoms with Crippen molar-refractivity contribution < 1.29 is 4.74 Å². The third kappa shape index (κ3) is 8.51. The molecule has 2 aromatic rings. The summed E-state index contributed by atoms with van der Waals surface area (Å²) < 4.78 is 5.96. The van der Waals surface area contributed by atoms with Crippen molar-refractivity contribution >= 4 is 41.3 Å². The Bertz CT molecular complexity index is 753. The van der Waals surface area contributed by atoms with Crippen molar-refractivity contribution in [1.29, 1.82) is 0 Å². The fourth-order valence-corrected chi connectivity index (χ4v) is 4.41. The van der Waals surface area contributed by atoms with Gasteiger partial charge in [0.1, 0.15) is 0 Å². The first-order chi connectivity index (χ1) is 14.2. The molecule has 30 heavy (non-hydrogen) atoms. The van der Waals surface area contributed by atoms with E-state index < -0.39 is 0 Å². The van der Waals surface area contributed by atoms with Crippen molar-refractivity contribution in [2.75, 3.05) is 32.8 Å². The molecule has 1 unspecified atom stereocenters. The molecule has 0 saturated carbocycles. The van der Waals surface area contributed by atoms with E-state index in [0.29, 0.717) is 12.5 Å². The molecule has 166 valence electrons. The number of rotatable bonds is 10. The molecule has 5 nitrogen and oxygen atoms in total.